The normalized spacial score (nSPS) is 15.7. The van der Waals surface area contributed by atoms with Crippen molar-refractivity contribution in [1.82, 2.24) is 19.8 Å². The van der Waals surface area contributed by atoms with Crippen molar-refractivity contribution in [3.05, 3.63) is 143 Å². The molecule has 0 saturated carbocycles. The van der Waals surface area contributed by atoms with E-state index in [0.717, 1.165) is 59.7 Å². The van der Waals surface area contributed by atoms with Gasteiger partial charge in [-0.1, -0.05) is 72.8 Å². The number of benzene rings is 5. The Bertz CT molecular complexity index is 2620. The van der Waals surface area contributed by atoms with Gasteiger partial charge >= 0.3 is 0 Å². The fraction of sp³-hybridized carbons (Fsp3) is 0.289. The van der Waals surface area contributed by atoms with Crippen molar-refractivity contribution in [3.8, 4) is 11.1 Å². The van der Waals surface area contributed by atoms with Gasteiger partial charge in [0.25, 0.3) is 15.7 Å². The lowest BCUT2D eigenvalue weighted by Gasteiger charge is -2.36. The zero-order chi connectivity index (χ0) is 43.1. The van der Waals surface area contributed by atoms with Gasteiger partial charge in [-0.3, -0.25) is 24.6 Å². The van der Waals surface area contributed by atoms with Crippen LogP contribution in [0.5, 0.6) is 0 Å². The Hall–Kier alpha value is -5.72. The first-order valence-electron chi connectivity index (χ1n) is 20.4. The van der Waals surface area contributed by atoms with Crippen LogP contribution in [-0.2, 0) is 21.3 Å². The number of nitro benzene ring substituents is 1. The minimum absolute atomic E-state index is 0.164. The number of nitrogens with one attached hydrogen (secondary N) is 2. The lowest BCUT2D eigenvalue weighted by atomic mass is 9.99. The molecule has 0 spiro atoms. The third kappa shape index (κ3) is 10.1. The summed E-state index contributed by atoms with van der Waals surface area (Å²) in [5, 5.41) is 15.5. The lowest BCUT2D eigenvalue weighted by Crippen LogP contribution is -2.46. The smallest absolute Gasteiger partial charge is 0.293 e. The molecule has 0 bridgehead atoms. The largest absolute Gasteiger partial charge is 0.379 e. The van der Waals surface area contributed by atoms with Crippen molar-refractivity contribution < 1.29 is 26.9 Å². The number of aromatic nitrogens is 2. The molecule has 8 rings (SSSR count). The summed E-state index contributed by atoms with van der Waals surface area (Å²) in [7, 11) is -4.54. The maximum Gasteiger partial charge on any atom is 0.293 e. The molecule has 2 fully saturated rings. The molecular weight excluding hydrogens is 835 g/mol. The van der Waals surface area contributed by atoms with E-state index in [1.807, 2.05) is 60.7 Å². The van der Waals surface area contributed by atoms with Gasteiger partial charge in [0.05, 0.1) is 23.0 Å². The van der Waals surface area contributed by atoms with Crippen LogP contribution in [-0.4, -0.2) is 104 Å². The molecule has 6 aromatic rings. The topological polar surface area (TPSA) is 146 Å². The fourth-order valence-electron chi connectivity index (χ4n) is 7.85. The predicted molar refractivity (Wildman–Crippen MR) is 239 cm³/mol. The molecule has 1 atom stereocenters. The van der Waals surface area contributed by atoms with Crippen LogP contribution in [0.15, 0.2) is 125 Å². The van der Waals surface area contributed by atoms with Gasteiger partial charge in [0.2, 0.25) is 0 Å². The van der Waals surface area contributed by atoms with E-state index in [4.69, 9.17) is 4.74 Å². The van der Waals surface area contributed by atoms with E-state index in [9.17, 15) is 18.5 Å². The van der Waals surface area contributed by atoms with Gasteiger partial charge < -0.3 is 15.0 Å². The van der Waals surface area contributed by atoms with Crippen LogP contribution in [0.3, 0.4) is 0 Å². The van der Waals surface area contributed by atoms with E-state index in [2.05, 4.69) is 54.1 Å². The second kappa shape index (κ2) is 19.5. The van der Waals surface area contributed by atoms with Gasteiger partial charge in [-0.2, -0.15) is 0 Å². The molecule has 17 heteroatoms. The average molecular weight is 881 g/mol. The number of morpholine rings is 1. The molecule has 2 aliphatic rings. The first-order chi connectivity index (χ1) is 30.1. The zero-order valence-corrected chi connectivity index (χ0v) is 35.5. The van der Waals surface area contributed by atoms with Crippen molar-refractivity contribution in [2.24, 2.45) is 0 Å². The maximum atomic E-state index is 16.3. The predicted octanol–water partition coefficient (Wildman–Crippen LogP) is 7.90. The summed E-state index contributed by atoms with van der Waals surface area (Å²) in [4.78, 5) is 26.7. The van der Waals surface area contributed by atoms with Gasteiger partial charge in [-0.05, 0) is 53.4 Å². The Labute approximate surface area is 363 Å². The van der Waals surface area contributed by atoms with Crippen LogP contribution in [0.4, 0.5) is 31.7 Å². The maximum absolute atomic E-state index is 16.3. The number of nitro groups is 1. The number of ether oxygens (including phenoxy) is 1. The first kappa shape index (κ1) is 42.9. The van der Waals surface area contributed by atoms with Gasteiger partial charge in [-0.15, -0.1) is 11.8 Å². The summed E-state index contributed by atoms with van der Waals surface area (Å²) in [6.45, 7) is 6.10. The Morgan fingerprint density at radius 3 is 2.29 bits per heavy atom. The Balaban J connectivity index is 0.973. The van der Waals surface area contributed by atoms with Crippen LogP contribution in [0, 0.1) is 21.7 Å². The highest BCUT2D eigenvalue weighted by molar-refractivity contribution is 7.99. The van der Waals surface area contributed by atoms with Gasteiger partial charge in [0, 0.05) is 80.5 Å². The number of hydrogen-bond donors (Lipinski definition) is 2. The minimum atomic E-state index is -4.54. The van der Waals surface area contributed by atoms with Crippen LogP contribution >= 0.6 is 11.8 Å². The minimum Gasteiger partial charge on any atom is -0.379 e. The molecule has 0 amide bonds. The highest BCUT2D eigenvalue weighted by atomic mass is 32.2. The quantitative estimate of drug-likeness (QED) is 0.0554. The number of anilines is 3. The van der Waals surface area contributed by atoms with Crippen molar-refractivity contribution in [1.29, 1.82) is 0 Å². The first-order valence-corrected chi connectivity index (χ1v) is 22.9. The number of thioether (sulfide) groups is 1. The molecule has 2 aliphatic heterocycles. The Kier molecular flexibility index (Phi) is 13.5. The molecule has 1 unspecified atom stereocenters. The number of halogens is 2. The highest BCUT2D eigenvalue weighted by Gasteiger charge is 2.29. The van der Waals surface area contributed by atoms with Crippen molar-refractivity contribution >= 4 is 55.6 Å². The molecule has 0 radical (unpaired) electrons. The summed E-state index contributed by atoms with van der Waals surface area (Å²) < 4.78 is 67.6. The van der Waals surface area contributed by atoms with Crippen molar-refractivity contribution in [2.75, 3.05) is 79.7 Å². The standard InChI is InChI=1S/C45H46F2N8O5S2/c46-39-28-38-43(42(47)44(39)54-21-19-53(20-22-54)29-33-11-7-8-14-37(33)32-9-3-1-4-10-32)48-31-49-45(38)51-62(58,59)36-15-16-40(41(27-36)55(56)57)50-34(17-18-52-23-25-60-26-24-52)30-61-35-12-5-2-6-13-35/h1-16,27-28,31,34,50H,17-26,29-30H2,(H,48,49,51). The van der Waals surface area contributed by atoms with Gasteiger partial charge in [-0.25, -0.2) is 27.2 Å². The van der Waals surface area contributed by atoms with Crippen molar-refractivity contribution in [3.63, 3.8) is 0 Å². The molecule has 3 heterocycles. The van der Waals surface area contributed by atoms with Crippen LogP contribution < -0.4 is 14.9 Å². The third-order valence-corrected chi connectivity index (χ3v) is 13.7. The van der Waals surface area contributed by atoms with E-state index in [1.165, 1.54) is 12.1 Å². The third-order valence-electron chi connectivity index (χ3n) is 11.1. The van der Waals surface area contributed by atoms with Crippen LogP contribution in [0.1, 0.15) is 12.0 Å². The highest BCUT2D eigenvalue weighted by Crippen LogP contribution is 2.35. The van der Waals surface area contributed by atoms with Gasteiger partial charge in [0.1, 0.15) is 29.0 Å². The van der Waals surface area contributed by atoms with E-state index in [1.54, 1.807) is 16.7 Å². The molecule has 1 aromatic heterocycles. The molecule has 322 valence electrons. The summed E-state index contributed by atoms with van der Waals surface area (Å²) in [5.41, 5.74) is 2.61. The van der Waals surface area contributed by atoms with Crippen LogP contribution in [0.2, 0.25) is 0 Å². The molecule has 0 aliphatic carbocycles. The summed E-state index contributed by atoms with van der Waals surface area (Å²) in [6.07, 6.45) is 1.67. The molecule has 2 saturated heterocycles. The SMILES string of the molecule is O=[N+]([O-])c1cc(S(=O)(=O)Nc2ncnc3c(F)c(N4CCN(Cc5ccccc5-c5ccccc5)CC4)c(F)cc23)ccc1NC(CCN1CCOCC1)CSc1ccccc1. The monoisotopic (exact) mass is 880 g/mol. The Morgan fingerprint density at radius 2 is 1.55 bits per heavy atom. The summed E-state index contributed by atoms with van der Waals surface area (Å²) in [6, 6.07) is 32.6. The lowest BCUT2D eigenvalue weighted by molar-refractivity contribution is -0.384. The summed E-state index contributed by atoms with van der Waals surface area (Å²) in [5.74, 6) is -1.60. The number of fused-ring (bicyclic) bond motifs is 1. The van der Waals surface area contributed by atoms with E-state index in [-0.39, 0.29) is 34.1 Å². The van der Waals surface area contributed by atoms with E-state index < -0.39 is 37.2 Å². The second-order valence-electron chi connectivity index (χ2n) is 15.2. The number of piperazine rings is 1. The number of hydrogen-bond acceptors (Lipinski definition) is 12. The number of sulfonamides is 1. The average Bonchev–Trinajstić information content (AvgIpc) is 3.29. The summed E-state index contributed by atoms with van der Waals surface area (Å²) >= 11 is 1.62. The van der Waals surface area contributed by atoms with Crippen molar-refractivity contribution in [2.45, 2.75) is 28.8 Å². The van der Waals surface area contributed by atoms with Crippen LogP contribution in [0.25, 0.3) is 22.0 Å². The molecular formula is C45H46F2N8O5S2. The number of rotatable bonds is 16. The zero-order valence-electron chi connectivity index (χ0n) is 33.8. The molecule has 5 aromatic carbocycles. The number of nitrogens with zero attached hydrogens (tertiary/aromatic N) is 6. The molecule has 13 nitrogen and oxygen atoms in total. The Morgan fingerprint density at radius 1 is 0.839 bits per heavy atom. The van der Waals surface area contributed by atoms with E-state index in [0.29, 0.717) is 58.1 Å². The molecule has 2 N–H and O–H groups in total. The second-order valence-corrected chi connectivity index (χ2v) is 18.0. The molecule has 62 heavy (non-hydrogen) atoms. The van der Waals surface area contributed by atoms with E-state index >= 15 is 8.78 Å². The fourth-order valence-corrected chi connectivity index (χ4v) is 9.89. The van der Waals surface area contributed by atoms with Gasteiger partial charge in [0.15, 0.2) is 11.6 Å².